The lowest BCUT2D eigenvalue weighted by Crippen LogP contribution is -2.17. The summed E-state index contributed by atoms with van der Waals surface area (Å²) in [5, 5.41) is 6.15. The zero-order chi connectivity index (χ0) is 21.2. The van der Waals surface area contributed by atoms with E-state index in [1.54, 1.807) is 13.0 Å². The van der Waals surface area contributed by atoms with Crippen LogP contribution in [0.1, 0.15) is 16.1 Å². The lowest BCUT2D eigenvalue weighted by Gasteiger charge is -2.12. The molecule has 0 bridgehead atoms. The minimum absolute atomic E-state index is 0.146. The monoisotopic (exact) mass is 435 g/mol. The van der Waals surface area contributed by atoms with Crippen molar-refractivity contribution in [2.75, 3.05) is 16.3 Å². The first-order chi connectivity index (χ1) is 13.6. The molecular weight excluding hydrogens is 418 g/mol. The third kappa shape index (κ3) is 4.63. The van der Waals surface area contributed by atoms with Gasteiger partial charge in [-0.05, 0) is 37.3 Å². The molecule has 2 N–H and O–H groups in total. The molecule has 0 saturated carbocycles. The highest BCUT2D eigenvalue weighted by Gasteiger charge is 2.23. The second-order valence-corrected chi connectivity index (χ2v) is 9.79. The lowest BCUT2D eigenvalue weighted by atomic mass is 10.2. The van der Waals surface area contributed by atoms with Crippen LogP contribution >= 0.6 is 0 Å². The molecule has 1 amide bonds. The molecule has 1 heterocycles. The summed E-state index contributed by atoms with van der Waals surface area (Å²) < 4.78 is 56.5. The van der Waals surface area contributed by atoms with Crippen molar-refractivity contribution < 1.29 is 26.2 Å². The predicted molar refractivity (Wildman–Crippen MR) is 106 cm³/mol. The van der Waals surface area contributed by atoms with Gasteiger partial charge in [-0.15, -0.1) is 0 Å². The van der Waals surface area contributed by atoms with E-state index >= 15 is 0 Å². The van der Waals surface area contributed by atoms with Crippen molar-refractivity contribution in [1.82, 2.24) is 5.16 Å². The molecule has 0 spiro atoms. The number of carbonyl (C=O) groups excluding carboxylic acids is 1. The Labute approximate surface area is 167 Å². The molecule has 152 valence electrons. The Bertz CT molecular complexity index is 1280. The van der Waals surface area contributed by atoms with Gasteiger partial charge in [0, 0.05) is 11.9 Å². The molecular formula is C18H17N3O6S2. The van der Waals surface area contributed by atoms with Gasteiger partial charge in [0.25, 0.3) is 15.9 Å². The number of sulfonamides is 1. The molecule has 0 atom stereocenters. The van der Waals surface area contributed by atoms with Crippen molar-refractivity contribution in [3.8, 4) is 0 Å². The Hall–Kier alpha value is -3.18. The summed E-state index contributed by atoms with van der Waals surface area (Å²) in [7, 11) is -7.94. The van der Waals surface area contributed by atoms with Crippen LogP contribution in [-0.4, -0.2) is 34.2 Å². The first-order valence-corrected chi connectivity index (χ1v) is 11.6. The number of benzene rings is 2. The summed E-state index contributed by atoms with van der Waals surface area (Å²) in [5.41, 5.74) is 0.721. The van der Waals surface area contributed by atoms with Gasteiger partial charge < -0.3 is 9.84 Å². The van der Waals surface area contributed by atoms with Crippen molar-refractivity contribution in [2.24, 2.45) is 0 Å². The molecule has 0 aliphatic rings. The largest absolute Gasteiger partial charge is 0.361 e. The normalized spacial score (nSPS) is 11.8. The predicted octanol–water partition coefficient (Wildman–Crippen LogP) is 2.44. The molecule has 3 aromatic rings. The van der Waals surface area contributed by atoms with Crippen molar-refractivity contribution in [2.45, 2.75) is 16.7 Å². The van der Waals surface area contributed by atoms with Crippen LogP contribution in [0.25, 0.3) is 0 Å². The molecule has 1 aromatic heterocycles. The molecule has 0 aliphatic heterocycles. The van der Waals surface area contributed by atoms with Crippen LogP contribution in [-0.2, 0) is 19.9 Å². The number of carbonyl (C=O) groups is 1. The van der Waals surface area contributed by atoms with Crippen molar-refractivity contribution >= 4 is 37.1 Å². The minimum atomic E-state index is -4.19. The number of sulfone groups is 1. The van der Waals surface area contributed by atoms with E-state index in [0.717, 1.165) is 6.26 Å². The van der Waals surface area contributed by atoms with E-state index < -0.39 is 25.8 Å². The fraction of sp³-hybridized carbons (Fsp3) is 0.111. The number of anilines is 2. The molecule has 0 radical (unpaired) electrons. The van der Waals surface area contributed by atoms with Crippen LogP contribution in [0, 0.1) is 6.92 Å². The van der Waals surface area contributed by atoms with E-state index in [0.29, 0.717) is 11.4 Å². The first-order valence-electron chi connectivity index (χ1n) is 8.22. The maximum Gasteiger partial charge on any atom is 0.263 e. The maximum atomic E-state index is 12.8. The highest BCUT2D eigenvalue weighted by molar-refractivity contribution is 7.95. The standard InChI is InChI=1S/C18H17N3O6S2/c1-12-15(11-19-27-12)18(22)20-13-6-5-7-14(10-13)21-29(25,26)17-9-4-3-8-16(17)28(2,23)24/h3-11,21H,1-2H3,(H,20,22). The average molecular weight is 435 g/mol. The summed E-state index contributed by atoms with van der Waals surface area (Å²) >= 11 is 0. The Balaban J connectivity index is 1.87. The van der Waals surface area contributed by atoms with Crippen LogP contribution in [0.2, 0.25) is 0 Å². The molecule has 29 heavy (non-hydrogen) atoms. The Kier molecular flexibility index (Phi) is 5.44. The molecule has 0 aliphatic carbocycles. The summed E-state index contributed by atoms with van der Waals surface area (Å²) in [6, 6.07) is 11.3. The molecule has 9 nitrogen and oxygen atoms in total. The quantitative estimate of drug-likeness (QED) is 0.607. The van der Waals surface area contributed by atoms with Gasteiger partial charge in [-0.1, -0.05) is 23.4 Å². The Morgan fingerprint density at radius 2 is 1.62 bits per heavy atom. The number of amides is 1. The van der Waals surface area contributed by atoms with E-state index in [4.69, 9.17) is 4.52 Å². The van der Waals surface area contributed by atoms with Gasteiger partial charge in [0.1, 0.15) is 16.2 Å². The van der Waals surface area contributed by atoms with Crippen molar-refractivity contribution in [3.63, 3.8) is 0 Å². The average Bonchev–Trinajstić information content (AvgIpc) is 3.07. The second-order valence-electron chi connectivity index (χ2n) is 6.15. The summed E-state index contributed by atoms with van der Waals surface area (Å²) in [4.78, 5) is 11.6. The van der Waals surface area contributed by atoms with E-state index in [-0.39, 0.29) is 21.0 Å². The summed E-state index contributed by atoms with van der Waals surface area (Å²) in [6.45, 7) is 1.59. The Morgan fingerprint density at radius 1 is 0.966 bits per heavy atom. The number of aryl methyl sites for hydroxylation is 1. The number of nitrogens with zero attached hydrogens (tertiary/aromatic N) is 1. The van der Waals surface area contributed by atoms with Crippen LogP contribution in [0.5, 0.6) is 0 Å². The Morgan fingerprint density at radius 3 is 2.24 bits per heavy atom. The highest BCUT2D eigenvalue weighted by atomic mass is 32.2. The zero-order valence-electron chi connectivity index (χ0n) is 15.4. The highest BCUT2D eigenvalue weighted by Crippen LogP contribution is 2.24. The SMILES string of the molecule is Cc1oncc1C(=O)Nc1cccc(NS(=O)(=O)c2ccccc2S(C)(=O)=O)c1. The fourth-order valence-corrected chi connectivity index (χ4v) is 5.24. The van der Waals surface area contributed by atoms with E-state index in [1.165, 1.54) is 48.7 Å². The van der Waals surface area contributed by atoms with Crippen LogP contribution in [0.3, 0.4) is 0 Å². The van der Waals surface area contributed by atoms with E-state index in [1.807, 2.05) is 0 Å². The molecule has 0 unspecified atom stereocenters. The summed E-state index contributed by atoms with van der Waals surface area (Å²) in [5.74, 6) is -0.122. The minimum Gasteiger partial charge on any atom is -0.361 e. The van der Waals surface area contributed by atoms with Gasteiger partial charge in [0.2, 0.25) is 0 Å². The number of rotatable bonds is 6. The van der Waals surface area contributed by atoms with Crippen molar-refractivity contribution in [1.29, 1.82) is 0 Å². The molecule has 0 fully saturated rings. The number of aromatic nitrogens is 1. The lowest BCUT2D eigenvalue weighted by molar-refractivity contribution is 0.102. The van der Waals surface area contributed by atoms with Crippen LogP contribution in [0.4, 0.5) is 11.4 Å². The van der Waals surface area contributed by atoms with Gasteiger partial charge in [-0.2, -0.15) is 0 Å². The molecule has 0 saturated heterocycles. The third-order valence-electron chi connectivity index (χ3n) is 3.91. The number of hydrogen-bond acceptors (Lipinski definition) is 7. The second kappa shape index (κ2) is 7.68. The van der Waals surface area contributed by atoms with Gasteiger partial charge in [0.15, 0.2) is 9.84 Å². The zero-order valence-corrected chi connectivity index (χ0v) is 17.0. The van der Waals surface area contributed by atoms with Crippen molar-refractivity contribution in [3.05, 3.63) is 66.1 Å². The van der Waals surface area contributed by atoms with E-state index in [2.05, 4.69) is 15.2 Å². The number of nitrogens with one attached hydrogen (secondary N) is 2. The van der Waals surface area contributed by atoms with Crippen LogP contribution in [0.15, 0.2) is 69.0 Å². The molecule has 2 aromatic carbocycles. The van der Waals surface area contributed by atoms with Gasteiger partial charge in [-0.25, -0.2) is 16.8 Å². The third-order valence-corrected chi connectivity index (χ3v) is 6.63. The topological polar surface area (TPSA) is 135 Å². The molecule has 11 heteroatoms. The first kappa shape index (κ1) is 20.6. The van der Waals surface area contributed by atoms with Gasteiger partial charge >= 0.3 is 0 Å². The number of hydrogen-bond donors (Lipinski definition) is 2. The smallest absolute Gasteiger partial charge is 0.263 e. The maximum absolute atomic E-state index is 12.8. The van der Waals surface area contributed by atoms with Gasteiger partial charge in [-0.3, -0.25) is 9.52 Å². The summed E-state index contributed by atoms with van der Waals surface area (Å²) in [6.07, 6.45) is 2.21. The van der Waals surface area contributed by atoms with Gasteiger partial charge in [0.05, 0.1) is 16.8 Å². The van der Waals surface area contributed by atoms with E-state index in [9.17, 15) is 21.6 Å². The van der Waals surface area contributed by atoms with Crippen LogP contribution < -0.4 is 10.0 Å². The molecule has 3 rings (SSSR count). The fourth-order valence-electron chi connectivity index (χ4n) is 2.56.